The van der Waals surface area contributed by atoms with E-state index in [0.29, 0.717) is 0 Å². The van der Waals surface area contributed by atoms with E-state index >= 15 is 0 Å². The number of carboxylic acids is 1. The van der Waals surface area contributed by atoms with Crippen LogP contribution in [0.25, 0.3) is 0 Å². The van der Waals surface area contributed by atoms with E-state index < -0.39 is 29.9 Å². The van der Waals surface area contributed by atoms with Crippen molar-refractivity contribution in [3.05, 3.63) is 23.8 Å². The predicted molar refractivity (Wildman–Crippen MR) is 61.5 cm³/mol. The molecule has 0 unspecified atom stereocenters. The highest BCUT2D eigenvalue weighted by atomic mass is 16.4. The minimum atomic E-state index is -1.10. The molecule has 1 amide bonds. The van der Waals surface area contributed by atoms with Crippen LogP contribution in [0.2, 0.25) is 0 Å². The number of hydrogen-bond donors (Lipinski definition) is 3. The van der Waals surface area contributed by atoms with Crippen LogP contribution in [0.5, 0.6) is 11.5 Å². The molecule has 1 aromatic carbocycles. The van der Waals surface area contributed by atoms with Crippen molar-refractivity contribution in [3.63, 3.8) is 0 Å². The van der Waals surface area contributed by atoms with Crippen molar-refractivity contribution in [3.8, 4) is 11.5 Å². The minimum Gasteiger partial charge on any atom is -0.504 e. The lowest BCUT2D eigenvalue weighted by Crippen LogP contribution is -2.37. The molecule has 0 radical (unpaired) electrons. The van der Waals surface area contributed by atoms with Crippen LogP contribution in [0.3, 0.4) is 0 Å². The summed E-state index contributed by atoms with van der Waals surface area (Å²) in [6.07, 6.45) is 1.52. The van der Waals surface area contributed by atoms with Gasteiger partial charge >= 0.3 is 5.97 Å². The number of carboxylic acid groups (broad SMARTS) is 1. The van der Waals surface area contributed by atoms with Crippen molar-refractivity contribution >= 4 is 11.9 Å². The van der Waals surface area contributed by atoms with E-state index in [1.165, 1.54) is 23.1 Å². The van der Waals surface area contributed by atoms with Crippen LogP contribution in [0, 0.1) is 0 Å². The number of nitrogens with zero attached hydrogens (tertiary/aromatic N) is 1. The SMILES string of the molecule is O=C(O)CN(C(=O)c1cccc(O)c1O)C1CC1. The van der Waals surface area contributed by atoms with E-state index in [1.54, 1.807) is 0 Å². The van der Waals surface area contributed by atoms with Gasteiger partial charge in [0.05, 0.1) is 5.56 Å². The first kappa shape index (κ1) is 12.2. The number of aliphatic carboxylic acids is 1. The predicted octanol–water partition coefficient (Wildman–Crippen LogP) is 0.787. The largest absolute Gasteiger partial charge is 0.504 e. The Morgan fingerprint density at radius 3 is 2.50 bits per heavy atom. The maximum atomic E-state index is 12.1. The highest BCUT2D eigenvalue weighted by molar-refractivity contribution is 5.99. The fourth-order valence-electron chi connectivity index (χ4n) is 1.76. The number of benzene rings is 1. The van der Waals surface area contributed by atoms with Crippen molar-refractivity contribution in [2.75, 3.05) is 6.54 Å². The van der Waals surface area contributed by atoms with Crippen LogP contribution < -0.4 is 0 Å². The lowest BCUT2D eigenvalue weighted by Gasteiger charge is -2.20. The Bertz CT molecular complexity index is 495. The summed E-state index contributed by atoms with van der Waals surface area (Å²) in [7, 11) is 0. The molecule has 1 aromatic rings. The average molecular weight is 251 g/mol. The van der Waals surface area contributed by atoms with Crippen LogP contribution in [-0.4, -0.2) is 44.7 Å². The molecule has 0 atom stereocenters. The van der Waals surface area contributed by atoms with Gasteiger partial charge < -0.3 is 20.2 Å². The molecule has 1 saturated carbocycles. The van der Waals surface area contributed by atoms with Crippen molar-refractivity contribution in [1.29, 1.82) is 0 Å². The van der Waals surface area contributed by atoms with Gasteiger partial charge in [-0.25, -0.2) is 0 Å². The molecule has 2 rings (SSSR count). The van der Waals surface area contributed by atoms with Gasteiger partial charge in [-0.2, -0.15) is 0 Å². The highest BCUT2D eigenvalue weighted by Gasteiger charge is 2.35. The number of hydrogen-bond acceptors (Lipinski definition) is 4. The zero-order valence-corrected chi connectivity index (χ0v) is 9.54. The molecule has 1 aliphatic rings. The standard InChI is InChI=1S/C12H13NO5/c14-9-3-1-2-8(11(9)17)12(18)13(6-10(15)16)7-4-5-7/h1-3,7,14,17H,4-6H2,(H,15,16). The van der Waals surface area contributed by atoms with Gasteiger partial charge in [0.15, 0.2) is 11.5 Å². The third-order valence-corrected chi connectivity index (χ3v) is 2.80. The molecule has 0 saturated heterocycles. The molecule has 6 nitrogen and oxygen atoms in total. The molecule has 0 bridgehead atoms. The molecule has 0 heterocycles. The lowest BCUT2D eigenvalue weighted by atomic mass is 10.1. The summed E-state index contributed by atoms with van der Waals surface area (Å²) in [4.78, 5) is 24.1. The summed E-state index contributed by atoms with van der Waals surface area (Å²) in [6.45, 7) is -0.404. The minimum absolute atomic E-state index is 0.0804. The zero-order valence-electron chi connectivity index (χ0n) is 9.54. The summed E-state index contributed by atoms with van der Waals surface area (Å²) in [5, 5.41) is 27.7. The first-order chi connectivity index (χ1) is 8.50. The van der Waals surface area contributed by atoms with Gasteiger partial charge in [-0.3, -0.25) is 9.59 Å². The summed E-state index contributed by atoms with van der Waals surface area (Å²) in [5.41, 5.74) is -0.0804. The lowest BCUT2D eigenvalue weighted by molar-refractivity contribution is -0.137. The molecule has 0 aliphatic heterocycles. The van der Waals surface area contributed by atoms with Gasteiger partial charge in [-0.1, -0.05) is 6.07 Å². The van der Waals surface area contributed by atoms with Gasteiger partial charge in [-0.15, -0.1) is 0 Å². The Morgan fingerprint density at radius 2 is 1.94 bits per heavy atom. The highest BCUT2D eigenvalue weighted by Crippen LogP contribution is 2.33. The first-order valence-corrected chi connectivity index (χ1v) is 5.54. The van der Waals surface area contributed by atoms with E-state index in [1.807, 2.05) is 0 Å². The number of rotatable bonds is 4. The van der Waals surface area contributed by atoms with E-state index in [2.05, 4.69) is 0 Å². The van der Waals surface area contributed by atoms with E-state index in [4.69, 9.17) is 5.11 Å². The van der Waals surface area contributed by atoms with Crippen molar-refractivity contribution in [1.82, 2.24) is 4.90 Å². The second kappa shape index (κ2) is 4.56. The maximum Gasteiger partial charge on any atom is 0.323 e. The van der Waals surface area contributed by atoms with Gasteiger partial charge in [-0.05, 0) is 25.0 Å². The fraction of sp³-hybridized carbons (Fsp3) is 0.333. The molecule has 96 valence electrons. The third kappa shape index (κ3) is 2.37. The normalized spacial score (nSPS) is 14.2. The van der Waals surface area contributed by atoms with Crippen LogP contribution >= 0.6 is 0 Å². The van der Waals surface area contributed by atoms with Crippen LogP contribution in [-0.2, 0) is 4.79 Å². The number of carbonyl (C=O) groups excluding carboxylic acids is 1. The molecule has 6 heteroatoms. The Balaban J connectivity index is 2.27. The van der Waals surface area contributed by atoms with Crippen LogP contribution in [0.1, 0.15) is 23.2 Å². The zero-order chi connectivity index (χ0) is 13.3. The average Bonchev–Trinajstić information content (AvgIpc) is 3.12. The number of aromatic hydroxyl groups is 2. The molecular formula is C12H13NO5. The molecule has 0 spiro atoms. The molecule has 18 heavy (non-hydrogen) atoms. The van der Waals surface area contributed by atoms with E-state index in [9.17, 15) is 19.8 Å². The summed E-state index contributed by atoms with van der Waals surface area (Å²) in [5.74, 6) is -2.59. The number of amides is 1. The molecule has 1 fully saturated rings. The first-order valence-electron chi connectivity index (χ1n) is 5.54. The van der Waals surface area contributed by atoms with Crippen LogP contribution in [0.15, 0.2) is 18.2 Å². The Kier molecular flexibility index (Phi) is 3.10. The molecule has 3 N–H and O–H groups in total. The quantitative estimate of drug-likeness (QED) is 0.687. The van der Waals surface area contributed by atoms with Gasteiger partial charge in [0.1, 0.15) is 6.54 Å². The monoisotopic (exact) mass is 251 g/mol. The number of phenols is 2. The van der Waals surface area contributed by atoms with E-state index in [0.717, 1.165) is 12.8 Å². The summed E-state index contributed by atoms with van der Waals surface area (Å²) >= 11 is 0. The summed E-state index contributed by atoms with van der Waals surface area (Å²) < 4.78 is 0. The number of para-hydroxylation sites is 1. The molecule has 1 aliphatic carbocycles. The Hall–Kier alpha value is -2.24. The number of phenolic OH excluding ortho intramolecular Hbond substituents is 2. The Morgan fingerprint density at radius 1 is 1.28 bits per heavy atom. The van der Waals surface area contributed by atoms with Crippen molar-refractivity contribution in [2.45, 2.75) is 18.9 Å². The van der Waals surface area contributed by atoms with Crippen LogP contribution in [0.4, 0.5) is 0 Å². The summed E-state index contributed by atoms with van der Waals surface area (Å²) in [6, 6.07) is 3.95. The smallest absolute Gasteiger partial charge is 0.323 e. The number of carbonyl (C=O) groups is 2. The van der Waals surface area contributed by atoms with Gasteiger partial charge in [0.25, 0.3) is 5.91 Å². The third-order valence-electron chi connectivity index (χ3n) is 2.80. The topological polar surface area (TPSA) is 98.1 Å². The van der Waals surface area contributed by atoms with Crippen molar-refractivity contribution in [2.24, 2.45) is 0 Å². The second-order valence-electron chi connectivity index (χ2n) is 4.23. The molecular weight excluding hydrogens is 238 g/mol. The fourth-order valence-corrected chi connectivity index (χ4v) is 1.76. The second-order valence-corrected chi connectivity index (χ2v) is 4.23. The van der Waals surface area contributed by atoms with Gasteiger partial charge in [0, 0.05) is 6.04 Å². The molecule has 0 aromatic heterocycles. The maximum absolute atomic E-state index is 12.1. The van der Waals surface area contributed by atoms with Gasteiger partial charge in [0.2, 0.25) is 0 Å². The van der Waals surface area contributed by atoms with Crippen molar-refractivity contribution < 1.29 is 24.9 Å². The van der Waals surface area contributed by atoms with E-state index in [-0.39, 0.29) is 11.6 Å². The Labute approximate surface area is 103 Å².